The molecule has 0 bridgehead atoms. The van der Waals surface area contributed by atoms with Crippen molar-refractivity contribution in [2.75, 3.05) is 26.8 Å². The molecule has 0 unspecified atom stereocenters. The van der Waals surface area contributed by atoms with Gasteiger partial charge in [-0.05, 0) is 25.5 Å². The second kappa shape index (κ2) is 8.75. The predicted octanol–water partition coefficient (Wildman–Crippen LogP) is 0.837. The summed E-state index contributed by atoms with van der Waals surface area (Å²) in [7, 11) is 1.33. The molecule has 0 aliphatic carbocycles. The maximum absolute atomic E-state index is 11.5. The van der Waals surface area contributed by atoms with Crippen molar-refractivity contribution in [3.05, 3.63) is 28.3 Å². The number of nitro groups is 1. The van der Waals surface area contributed by atoms with E-state index < -0.39 is 4.92 Å². The number of ether oxygens (including phenoxy) is 2. The van der Waals surface area contributed by atoms with E-state index in [-0.39, 0.29) is 24.0 Å². The van der Waals surface area contributed by atoms with Crippen LogP contribution in [-0.2, 0) is 4.79 Å². The third kappa shape index (κ3) is 5.65. The molecule has 8 heteroatoms. The highest BCUT2D eigenvalue weighted by atomic mass is 16.6. The van der Waals surface area contributed by atoms with Crippen molar-refractivity contribution in [1.82, 2.24) is 5.32 Å². The zero-order chi connectivity index (χ0) is 15.7. The molecule has 0 radical (unpaired) electrons. The fourth-order valence-electron chi connectivity index (χ4n) is 1.60. The summed E-state index contributed by atoms with van der Waals surface area (Å²) in [6, 6.07) is 4.06. The van der Waals surface area contributed by atoms with Crippen LogP contribution >= 0.6 is 0 Å². The van der Waals surface area contributed by atoms with Gasteiger partial charge in [-0.15, -0.1) is 0 Å². The van der Waals surface area contributed by atoms with Crippen molar-refractivity contribution >= 4 is 11.6 Å². The van der Waals surface area contributed by atoms with Gasteiger partial charge in [0.2, 0.25) is 5.75 Å². The van der Waals surface area contributed by atoms with Gasteiger partial charge in [-0.25, -0.2) is 0 Å². The fourth-order valence-corrected chi connectivity index (χ4v) is 1.60. The van der Waals surface area contributed by atoms with Crippen LogP contribution < -0.4 is 20.5 Å². The van der Waals surface area contributed by atoms with Crippen molar-refractivity contribution in [3.63, 3.8) is 0 Å². The first kappa shape index (κ1) is 16.7. The number of carbonyl (C=O) groups is 1. The summed E-state index contributed by atoms with van der Waals surface area (Å²) < 4.78 is 10.2. The van der Waals surface area contributed by atoms with Gasteiger partial charge >= 0.3 is 5.69 Å². The molecule has 0 saturated heterocycles. The lowest BCUT2D eigenvalue weighted by Gasteiger charge is -2.08. The topological polar surface area (TPSA) is 117 Å². The Morgan fingerprint density at radius 2 is 2.19 bits per heavy atom. The van der Waals surface area contributed by atoms with E-state index in [4.69, 9.17) is 15.2 Å². The number of nitrogens with two attached hydrogens (primary N) is 1. The normalized spacial score (nSPS) is 10.0. The van der Waals surface area contributed by atoms with Gasteiger partial charge in [0.25, 0.3) is 5.91 Å². The van der Waals surface area contributed by atoms with Crippen LogP contribution in [0.2, 0.25) is 0 Å². The highest BCUT2D eigenvalue weighted by Crippen LogP contribution is 2.30. The van der Waals surface area contributed by atoms with Gasteiger partial charge in [-0.1, -0.05) is 0 Å². The number of nitro benzene ring substituents is 1. The molecular weight excluding hydrogens is 278 g/mol. The van der Waals surface area contributed by atoms with E-state index in [1.165, 1.54) is 25.3 Å². The monoisotopic (exact) mass is 297 g/mol. The largest absolute Gasteiger partial charge is 0.490 e. The first-order valence-corrected chi connectivity index (χ1v) is 6.50. The van der Waals surface area contributed by atoms with Gasteiger partial charge in [-0.3, -0.25) is 14.9 Å². The Morgan fingerprint density at radius 1 is 1.43 bits per heavy atom. The molecule has 0 heterocycles. The Kier molecular flexibility index (Phi) is 6.96. The van der Waals surface area contributed by atoms with E-state index in [0.717, 1.165) is 12.8 Å². The van der Waals surface area contributed by atoms with Gasteiger partial charge in [0, 0.05) is 18.7 Å². The minimum absolute atomic E-state index is 0.0841. The molecule has 1 amide bonds. The number of nitrogens with zero attached hydrogens (tertiary/aromatic N) is 1. The number of amides is 1. The standard InChI is InChI=1S/C13H19N3O5/c1-20-12-8-10(4-5-11(12)16(18)19)21-9-13(17)15-7-3-2-6-14/h4-5,8H,2-3,6-7,9,14H2,1H3,(H,15,17). The molecule has 8 nitrogen and oxygen atoms in total. The summed E-state index contributed by atoms with van der Waals surface area (Å²) in [6.45, 7) is 0.974. The average molecular weight is 297 g/mol. The van der Waals surface area contributed by atoms with Crippen molar-refractivity contribution in [3.8, 4) is 11.5 Å². The smallest absolute Gasteiger partial charge is 0.311 e. The summed E-state index contributed by atoms with van der Waals surface area (Å²) >= 11 is 0. The van der Waals surface area contributed by atoms with Crippen LogP contribution in [0.15, 0.2) is 18.2 Å². The highest BCUT2D eigenvalue weighted by molar-refractivity contribution is 5.77. The molecule has 1 aromatic rings. The lowest BCUT2D eigenvalue weighted by molar-refractivity contribution is -0.385. The van der Waals surface area contributed by atoms with Crippen LogP contribution in [0.3, 0.4) is 0 Å². The van der Waals surface area contributed by atoms with Gasteiger partial charge < -0.3 is 20.5 Å². The van der Waals surface area contributed by atoms with Crippen molar-refractivity contribution in [1.29, 1.82) is 0 Å². The minimum Gasteiger partial charge on any atom is -0.490 e. The van der Waals surface area contributed by atoms with Crippen LogP contribution in [0.4, 0.5) is 5.69 Å². The van der Waals surface area contributed by atoms with Gasteiger partial charge in [-0.2, -0.15) is 0 Å². The number of benzene rings is 1. The average Bonchev–Trinajstić information content (AvgIpc) is 2.49. The van der Waals surface area contributed by atoms with E-state index in [9.17, 15) is 14.9 Å². The molecule has 0 spiro atoms. The molecule has 0 aliphatic heterocycles. The predicted molar refractivity (Wildman–Crippen MR) is 76.4 cm³/mol. The Hall–Kier alpha value is -2.35. The van der Waals surface area contributed by atoms with Crippen LogP contribution in [0.25, 0.3) is 0 Å². The first-order chi connectivity index (χ1) is 10.1. The van der Waals surface area contributed by atoms with E-state index in [1.54, 1.807) is 0 Å². The van der Waals surface area contributed by atoms with Crippen molar-refractivity contribution in [2.45, 2.75) is 12.8 Å². The number of nitrogens with one attached hydrogen (secondary N) is 1. The zero-order valence-corrected chi connectivity index (χ0v) is 11.8. The second-order valence-corrected chi connectivity index (χ2v) is 4.23. The summed E-state index contributed by atoms with van der Waals surface area (Å²) in [5.74, 6) is 0.153. The Balaban J connectivity index is 2.48. The molecule has 0 fully saturated rings. The molecular formula is C13H19N3O5. The molecule has 3 N–H and O–H groups in total. The third-order valence-corrected chi connectivity index (χ3v) is 2.67. The van der Waals surface area contributed by atoms with Gasteiger partial charge in [0.1, 0.15) is 5.75 Å². The fraction of sp³-hybridized carbons (Fsp3) is 0.462. The number of methoxy groups -OCH3 is 1. The number of rotatable bonds is 9. The second-order valence-electron chi connectivity index (χ2n) is 4.23. The van der Waals surface area contributed by atoms with Gasteiger partial charge in [0.05, 0.1) is 12.0 Å². The van der Waals surface area contributed by atoms with Crippen LogP contribution in [-0.4, -0.2) is 37.6 Å². The molecule has 21 heavy (non-hydrogen) atoms. The van der Waals surface area contributed by atoms with Gasteiger partial charge in [0.15, 0.2) is 6.61 Å². The number of carbonyl (C=O) groups excluding carboxylic acids is 1. The Morgan fingerprint density at radius 3 is 2.81 bits per heavy atom. The lowest BCUT2D eigenvalue weighted by Crippen LogP contribution is -2.29. The molecule has 0 aliphatic rings. The SMILES string of the molecule is COc1cc(OCC(=O)NCCCCN)ccc1[N+](=O)[O-]. The minimum atomic E-state index is -0.549. The molecule has 0 aromatic heterocycles. The highest BCUT2D eigenvalue weighted by Gasteiger charge is 2.15. The van der Waals surface area contributed by atoms with E-state index in [0.29, 0.717) is 18.8 Å². The molecule has 116 valence electrons. The molecule has 0 saturated carbocycles. The Labute approximate surface area is 122 Å². The quantitative estimate of drug-likeness (QED) is 0.396. The number of hydrogen-bond donors (Lipinski definition) is 2. The summed E-state index contributed by atoms with van der Waals surface area (Å²) in [4.78, 5) is 21.7. The summed E-state index contributed by atoms with van der Waals surface area (Å²) in [6.07, 6.45) is 1.66. The maximum Gasteiger partial charge on any atom is 0.311 e. The van der Waals surface area contributed by atoms with E-state index in [1.807, 2.05) is 0 Å². The van der Waals surface area contributed by atoms with Crippen LogP contribution in [0.1, 0.15) is 12.8 Å². The summed E-state index contributed by atoms with van der Waals surface area (Å²) in [5.41, 5.74) is 5.19. The van der Waals surface area contributed by atoms with E-state index >= 15 is 0 Å². The molecule has 0 atom stereocenters. The molecule has 1 aromatic carbocycles. The van der Waals surface area contributed by atoms with Crippen LogP contribution in [0.5, 0.6) is 11.5 Å². The zero-order valence-electron chi connectivity index (χ0n) is 11.8. The van der Waals surface area contributed by atoms with Crippen LogP contribution in [0, 0.1) is 10.1 Å². The number of hydrogen-bond acceptors (Lipinski definition) is 6. The number of unbranched alkanes of at least 4 members (excludes halogenated alkanes) is 1. The lowest BCUT2D eigenvalue weighted by atomic mass is 10.3. The Bertz CT molecular complexity index is 493. The first-order valence-electron chi connectivity index (χ1n) is 6.50. The maximum atomic E-state index is 11.5. The third-order valence-electron chi connectivity index (χ3n) is 2.67. The molecule has 1 rings (SSSR count). The van der Waals surface area contributed by atoms with E-state index in [2.05, 4.69) is 5.32 Å². The van der Waals surface area contributed by atoms with Crippen molar-refractivity contribution < 1.29 is 19.2 Å². The van der Waals surface area contributed by atoms with Crippen molar-refractivity contribution in [2.24, 2.45) is 5.73 Å². The summed E-state index contributed by atoms with van der Waals surface area (Å²) in [5, 5.41) is 13.4.